The van der Waals surface area contributed by atoms with Crippen LogP contribution < -0.4 is 10.4 Å². The van der Waals surface area contributed by atoms with Gasteiger partial charge in [0.15, 0.2) is 0 Å². The maximum absolute atomic E-state index is 8.06. The van der Waals surface area contributed by atoms with Crippen molar-refractivity contribution in [1.29, 1.82) is 0 Å². The van der Waals surface area contributed by atoms with Gasteiger partial charge in [-0.1, -0.05) is 60.7 Å². The normalized spacial score (nSPS) is 11.0. The fourth-order valence-corrected chi connectivity index (χ4v) is 5.42. The molecule has 0 spiro atoms. The molecule has 2 aromatic carbocycles. The highest BCUT2D eigenvalue weighted by Gasteiger charge is 2.41. The molecule has 0 saturated heterocycles. The van der Waals surface area contributed by atoms with Crippen molar-refractivity contribution in [3.8, 4) is 0 Å². The minimum Gasteiger partial charge on any atom is -0.394 e. The van der Waals surface area contributed by atoms with Crippen LogP contribution in [-0.2, 0) is 8.85 Å². The predicted octanol–water partition coefficient (Wildman–Crippen LogP) is 2.70. The average molecular weight is 333 g/mol. The van der Waals surface area contributed by atoms with Crippen LogP contribution in [0.25, 0.3) is 0 Å². The maximum Gasteiger partial charge on any atom is 0.407 e. The summed E-state index contributed by atoms with van der Waals surface area (Å²) < 4.78 is 12.3. The predicted molar refractivity (Wildman–Crippen MR) is 98.5 cm³/mol. The van der Waals surface area contributed by atoms with Gasteiger partial charge in [-0.05, 0) is 38.1 Å². The molecule has 126 valence electrons. The second-order valence-corrected chi connectivity index (χ2v) is 8.27. The Hall–Kier alpha value is -1.46. The van der Waals surface area contributed by atoms with Crippen molar-refractivity contribution in [2.24, 2.45) is 0 Å². The van der Waals surface area contributed by atoms with Crippen molar-refractivity contribution in [2.45, 2.75) is 33.8 Å². The lowest BCUT2D eigenvalue weighted by molar-refractivity contribution is 0.208. The summed E-state index contributed by atoms with van der Waals surface area (Å²) in [7, 11) is -2.55. The van der Waals surface area contributed by atoms with Gasteiger partial charge in [-0.2, -0.15) is 0 Å². The Morgan fingerprint density at radius 1 is 0.783 bits per heavy atom. The van der Waals surface area contributed by atoms with E-state index < -0.39 is 8.56 Å². The second kappa shape index (κ2) is 10.3. The zero-order chi connectivity index (χ0) is 17.1. The molecule has 0 heterocycles. The molecule has 0 radical (unpaired) electrons. The van der Waals surface area contributed by atoms with E-state index in [9.17, 15) is 0 Å². The summed E-state index contributed by atoms with van der Waals surface area (Å²) >= 11 is 0. The first-order chi connectivity index (χ1) is 11.1. The summed E-state index contributed by atoms with van der Waals surface area (Å²) in [6, 6.07) is 20.6. The van der Waals surface area contributed by atoms with Gasteiger partial charge < -0.3 is 14.0 Å². The number of hydrogen-bond acceptors (Lipinski definition) is 3. The Labute approximate surface area is 141 Å². The van der Waals surface area contributed by atoms with E-state index in [4.69, 9.17) is 14.0 Å². The molecule has 0 amide bonds. The van der Waals surface area contributed by atoms with E-state index in [1.807, 2.05) is 50.2 Å². The summed E-state index contributed by atoms with van der Waals surface area (Å²) in [6.45, 7) is 8.78. The van der Waals surface area contributed by atoms with Crippen LogP contribution in [0.1, 0.15) is 27.7 Å². The molecule has 0 bridgehead atoms. The Morgan fingerprint density at radius 2 is 1.09 bits per heavy atom. The van der Waals surface area contributed by atoms with Gasteiger partial charge >= 0.3 is 8.56 Å². The Bertz CT molecular complexity index is 479. The van der Waals surface area contributed by atoms with Crippen LogP contribution in [-0.4, -0.2) is 33.0 Å². The van der Waals surface area contributed by atoms with E-state index in [1.54, 1.807) is 13.8 Å². The molecule has 0 saturated carbocycles. The number of aliphatic hydroxyl groups excluding tert-OH is 1. The molecule has 4 heteroatoms. The lowest BCUT2D eigenvalue weighted by Gasteiger charge is -2.30. The van der Waals surface area contributed by atoms with Crippen molar-refractivity contribution in [3.05, 3.63) is 60.7 Å². The molecule has 0 aromatic heterocycles. The lowest BCUT2D eigenvalue weighted by Crippen LogP contribution is -2.63. The molecule has 3 nitrogen and oxygen atoms in total. The molecule has 0 aliphatic carbocycles. The Morgan fingerprint density at radius 3 is 1.35 bits per heavy atom. The summed E-state index contributed by atoms with van der Waals surface area (Å²) in [5.74, 6) is 0. The van der Waals surface area contributed by atoms with Gasteiger partial charge in [-0.25, -0.2) is 0 Å². The van der Waals surface area contributed by atoms with E-state index in [0.717, 1.165) is 10.4 Å². The largest absolute Gasteiger partial charge is 0.407 e. The highest BCUT2D eigenvalue weighted by molar-refractivity contribution is 6.92. The van der Waals surface area contributed by atoms with Gasteiger partial charge in [0.1, 0.15) is 0 Å². The third kappa shape index (κ3) is 5.92. The summed E-state index contributed by atoms with van der Waals surface area (Å²) in [6.07, 6.45) is -0.167. The minimum absolute atomic E-state index is 0.167. The second-order valence-electron chi connectivity index (χ2n) is 5.31. The topological polar surface area (TPSA) is 38.7 Å². The maximum atomic E-state index is 8.06. The number of benzene rings is 2. The fraction of sp³-hybridized carbons (Fsp3) is 0.368. The standard InChI is InChI=1S/C16H20O2Si.C3H8O/c1-3-17-19(18-4-2,15-11-7-5-8-12-15)16-13-9-6-10-14-16;1-3(2)4/h5-14H,3-4H2,1-2H3;3-4H,1-2H3. The third-order valence-corrected chi connectivity index (χ3v) is 6.58. The first-order valence-corrected chi connectivity index (χ1v) is 9.95. The van der Waals surface area contributed by atoms with E-state index in [1.165, 1.54) is 0 Å². The molecule has 2 aromatic rings. The van der Waals surface area contributed by atoms with Crippen LogP contribution in [0.2, 0.25) is 0 Å². The molecule has 0 unspecified atom stereocenters. The van der Waals surface area contributed by atoms with Gasteiger partial charge in [0.2, 0.25) is 0 Å². The SMILES string of the molecule is CC(C)O.CCO[Si](OCC)(c1ccccc1)c1ccccc1. The molecule has 0 fully saturated rings. The lowest BCUT2D eigenvalue weighted by atomic mass is 10.4. The molecule has 0 atom stereocenters. The van der Waals surface area contributed by atoms with Crippen LogP contribution in [0.3, 0.4) is 0 Å². The molecule has 1 N–H and O–H groups in total. The summed E-state index contributed by atoms with van der Waals surface area (Å²) in [5.41, 5.74) is 0. The van der Waals surface area contributed by atoms with Crippen LogP contribution in [0, 0.1) is 0 Å². The third-order valence-electron chi connectivity index (χ3n) is 3.00. The van der Waals surface area contributed by atoms with Crippen molar-refractivity contribution < 1.29 is 14.0 Å². The Balaban J connectivity index is 0.000000593. The first-order valence-electron chi connectivity index (χ1n) is 8.13. The zero-order valence-electron chi connectivity index (χ0n) is 14.5. The van der Waals surface area contributed by atoms with Crippen molar-refractivity contribution in [1.82, 2.24) is 0 Å². The molecule has 0 aliphatic rings. The summed E-state index contributed by atoms with van der Waals surface area (Å²) in [4.78, 5) is 0. The van der Waals surface area contributed by atoms with E-state index >= 15 is 0 Å². The first kappa shape index (κ1) is 19.6. The molecular weight excluding hydrogens is 304 g/mol. The minimum atomic E-state index is -2.55. The van der Waals surface area contributed by atoms with Crippen LogP contribution >= 0.6 is 0 Å². The number of rotatable bonds is 6. The van der Waals surface area contributed by atoms with Crippen LogP contribution in [0.5, 0.6) is 0 Å². The molecule has 0 aliphatic heterocycles. The van der Waals surface area contributed by atoms with Gasteiger partial charge in [0, 0.05) is 19.3 Å². The van der Waals surface area contributed by atoms with E-state index in [-0.39, 0.29) is 6.10 Å². The Kier molecular flexibility index (Phi) is 8.80. The van der Waals surface area contributed by atoms with Gasteiger partial charge in [-0.3, -0.25) is 0 Å². The zero-order valence-corrected chi connectivity index (χ0v) is 15.5. The molecule has 2 rings (SSSR count). The van der Waals surface area contributed by atoms with Crippen molar-refractivity contribution in [3.63, 3.8) is 0 Å². The van der Waals surface area contributed by atoms with Gasteiger partial charge in [0.25, 0.3) is 0 Å². The highest BCUT2D eigenvalue weighted by Crippen LogP contribution is 2.09. The van der Waals surface area contributed by atoms with Crippen molar-refractivity contribution in [2.75, 3.05) is 13.2 Å². The quantitative estimate of drug-likeness (QED) is 0.827. The van der Waals surface area contributed by atoms with Crippen molar-refractivity contribution >= 4 is 18.9 Å². The average Bonchev–Trinajstić information content (AvgIpc) is 2.56. The van der Waals surface area contributed by atoms with E-state index in [2.05, 4.69) is 24.3 Å². The smallest absolute Gasteiger partial charge is 0.394 e. The molecule has 23 heavy (non-hydrogen) atoms. The number of aliphatic hydroxyl groups is 1. The van der Waals surface area contributed by atoms with E-state index in [0.29, 0.717) is 13.2 Å². The fourth-order valence-electron chi connectivity index (χ4n) is 2.26. The van der Waals surface area contributed by atoms with Gasteiger partial charge in [0.05, 0.1) is 0 Å². The number of hydrogen-bond donors (Lipinski definition) is 1. The molecular formula is C19H28O3Si. The monoisotopic (exact) mass is 332 g/mol. The van der Waals surface area contributed by atoms with Gasteiger partial charge in [-0.15, -0.1) is 0 Å². The highest BCUT2D eigenvalue weighted by atomic mass is 28.4. The van der Waals surface area contributed by atoms with Crippen LogP contribution in [0.15, 0.2) is 60.7 Å². The van der Waals surface area contributed by atoms with Crippen LogP contribution in [0.4, 0.5) is 0 Å². The summed E-state index contributed by atoms with van der Waals surface area (Å²) in [5, 5.41) is 10.4.